The van der Waals surface area contributed by atoms with Gasteiger partial charge in [0.1, 0.15) is 0 Å². The van der Waals surface area contributed by atoms with E-state index >= 15 is 0 Å². The second-order valence-corrected chi connectivity index (χ2v) is 7.73. The van der Waals surface area contributed by atoms with Gasteiger partial charge < -0.3 is 10.0 Å². The lowest BCUT2D eigenvalue weighted by atomic mass is 9.69. The molecule has 0 spiro atoms. The predicted molar refractivity (Wildman–Crippen MR) is 76.8 cm³/mol. The molecule has 5 nitrogen and oxygen atoms in total. The van der Waals surface area contributed by atoms with Gasteiger partial charge in [0, 0.05) is 41.8 Å². The van der Waals surface area contributed by atoms with Gasteiger partial charge >= 0.3 is 5.97 Å². The molecule has 0 aromatic heterocycles. The Kier molecular flexibility index (Phi) is 5.18. The summed E-state index contributed by atoms with van der Waals surface area (Å²) in [4.78, 5) is 25.3. The number of rotatable bonds is 4. The van der Waals surface area contributed by atoms with Crippen molar-refractivity contribution in [3.8, 4) is 0 Å². The van der Waals surface area contributed by atoms with Gasteiger partial charge in [-0.3, -0.25) is 13.8 Å². The number of nitrogens with zero attached hydrogens (tertiary/aromatic N) is 1. The van der Waals surface area contributed by atoms with E-state index in [-0.39, 0.29) is 17.7 Å². The smallest absolute Gasteiger partial charge is 0.303 e. The zero-order valence-corrected chi connectivity index (χ0v) is 12.6. The highest BCUT2D eigenvalue weighted by Crippen LogP contribution is 2.42. The van der Waals surface area contributed by atoms with Crippen LogP contribution < -0.4 is 0 Å². The van der Waals surface area contributed by atoms with Gasteiger partial charge in [0.2, 0.25) is 5.91 Å². The van der Waals surface area contributed by atoms with Crippen LogP contribution in [0.5, 0.6) is 0 Å². The zero-order valence-electron chi connectivity index (χ0n) is 11.8. The molecule has 0 bridgehead atoms. The normalized spacial score (nSPS) is 23.5. The zero-order chi connectivity index (χ0) is 14.6. The number of amides is 1. The van der Waals surface area contributed by atoms with E-state index in [9.17, 15) is 13.8 Å². The topological polar surface area (TPSA) is 74.7 Å². The number of carbonyl (C=O) groups is 2. The van der Waals surface area contributed by atoms with E-state index in [0.29, 0.717) is 31.0 Å². The summed E-state index contributed by atoms with van der Waals surface area (Å²) in [5.41, 5.74) is -0.349. The van der Waals surface area contributed by atoms with Crippen molar-refractivity contribution in [3.63, 3.8) is 0 Å². The van der Waals surface area contributed by atoms with E-state index in [0.717, 1.165) is 32.1 Å². The number of carbonyl (C=O) groups excluding carboxylic acids is 1. The molecule has 1 saturated carbocycles. The minimum Gasteiger partial charge on any atom is -0.481 e. The Morgan fingerprint density at radius 2 is 1.65 bits per heavy atom. The lowest BCUT2D eigenvalue weighted by Gasteiger charge is -2.37. The van der Waals surface area contributed by atoms with Crippen LogP contribution in [0.2, 0.25) is 0 Å². The average molecular weight is 301 g/mol. The van der Waals surface area contributed by atoms with E-state index in [1.54, 1.807) is 4.90 Å². The summed E-state index contributed by atoms with van der Waals surface area (Å²) in [6.07, 6.45) is 5.29. The average Bonchev–Trinajstić information content (AvgIpc) is 2.39. The van der Waals surface area contributed by atoms with Crippen molar-refractivity contribution in [2.45, 2.75) is 44.9 Å². The Morgan fingerprint density at radius 1 is 1.05 bits per heavy atom. The Balaban J connectivity index is 1.98. The largest absolute Gasteiger partial charge is 0.481 e. The van der Waals surface area contributed by atoms with Gasteiger partial charge in [-0.05, 0) is 18.3 Å². The number of aliphatic carboxylic acids is 1. The summed E-state index contributed by atoms with van der Waals surface area (Å²) in [5.74, 6) is 0.347. The number of carboxylic acid groups (broad SMARTS) is 1. The maximum Gasteiger partial charge on any atom is 0.303 e. The van der Waals surface area contributed by atoms with Gasteiger partial charge in [0.25, 0.3) is 0 Å². The summed E-state index contributed by atoms with van der Waals surface area (Å²) in [6.45, 7) is 1.10. The van der Waals surface area contributed by atoms with E-state index in [1.165, 1.54) is 0 Å². The third-order valence-corrected chi connectivity index (χ3v) is 5.77. The highest BCUT2D eigenvalue weighted by molar-refractivity contribution is 7.85. The monoisotopic (exact) mass is 301 g/mol. The minimum absolute atomic E-state index is 0.0462. The van der Waals surface area contributed by atoms with Crippen LogP contribution in [-0.4, -0.2) is 50.7 Å². The molecule has 1 N–H and O–H groups in total. The van der Waals surface area contributed by atoms with Gasteiger partial charge in [-0.25, -0.2) is 0 Å². The van der Waals surface area contributed by atoms with Gasteiger partial charge in [-0.15, -0.1) is 0 Å². The van der Waals surface area contributed by atoms with Gasteiger partial charge in [0.05, 0.1) is 6.42 Å². The summed E-state index contributed by atoms with van der Waals surface area (Å²) in [7, 11) is -0.792. The first-order valence-corrected chi connectivity index (χ1v) is 8.84. The third kappa shape index (κ3) is 4.04. The molecular formula is C14H23NO4S. The second kappa shape index (κ2) is 6.70. The fourth-order valence-corrected chi connectivity index (χ4v) is 4.41. The maximum atomic E-state index is 12.4. The molecule has 0 radical (unpaired) electrons. The molecule has 1 aliphatic heterocycles. The molecule has 1 aliphatic carbocycles. The Hall–Kier alpha value is -0.910. The Bertz CT molecular complexity index is 394. The van der Waals surface area contributed by atoms with Crippen LogP contribution in [0.3, 0.4) is 0 Å². The molecule has 1 saturated heterocycles. The summed E-state index contributed by atoms with van der Waals surface area (Å²) in [5, 5.41) is 9.12. The van der Waals surface area contributed by atoms with Crippen LogP contribution >= 0.6 is 0 Å². The molecule has 0 aromatic rings. The van der Waals surface area contributed by atoms with Crippen molar-refractivity contribution in [1.82, 2.24) is 4.90 Å². The number of carboxylic acids is 1. The van der Waals surface area contributed by atoms with Crippen molar-refractivity contribution < 1.29 is 18.9 Å². The molecule has 20 heavy (non-hydrogen) atoms. The predicted octanol–water partition coefficient (Wildman–Crippen LogP) is 1.39. The van der Waals surface area contributed by atoms with Gasteiger partial charge in [0.15, 0.2) is 0 Å². The number of hydrogen-bond donors (Lipinski definition) is 1. The van der Waals surface area contributed by atoms with Gasteiger partial charge in [-0.2, -0.15) is 0 Å². The van der Waals surface area contributed by atoms with Crippen LogP contribution in [0.4, 0.5) is 0 Å². The first-order valence-electron chi connectivity index (χ1n) is 7.35. The van der Waals surface area contributed by atoms with Crippen LogP contribution in [0.25, 0.3) is 0 Å². The van der Waals surface area contributed by atoms with Crippen molar-refractivity contribution in [3.05, 3.63) is 0 Å². The lowest BCUT2D eigenvalue weighted by molar-refractivity contribution is -0.142. The van der Waals surface area contributed by atoms with Crippen LogP contribution in [0.15, 0.2) is 0 Å². The van der Waals surface area contributed by atoms with Crippen molar-refractivity contribution in [2.24, 2.45) is 5.41 Å². The first-order chi connectivity index (χ1) is 9.51. The van der Waals surface area contributed by atoms with Gasteiger partial charge in [-0.1, -0.05) is 19.3 Å². The van der Waals surface area contributed by atoms with Crippen LogP contribution in [0.1, 0.15) is 44.9 Å². The van der Waals surface area contributed by atoms with E-state index in [4.69, 9.17) is 5.11 Å². The SMILES string of the molecule is O=C(O)CC1(CC(=O)N2CCS(=O)CC2)CCCCC1. The summed E-state index contributed by atoms with van der Waals surface area (Å²) in [6, 6.07) is 0. The van der Waals surface area contributed by atoms with E-state index < -0.39 is 16.8 Å². The molecule has 6 heteroatoms. The molecule has 0 atom stereocenters. The summed E-state index contributed by atoms with van der Waals surface area (Å²) >= 11 is 0. The molecule has 2 rings (SSSR count). The molecule has 2 aliphatic rings. The minimum atomic E-state index is -0.806. The molecule has 0 unspecified atom stereocenters. The van der Waals surface area contributed by atoms with E-state index in [1.807, 2.05) is 0 Å². The summed E-state index contributed by atoms with van der Waals surface area (Å²) < 4.78 is 11.3. The quantitative estimate of drug-likeness (QED) is 0.851. The number of hydrogen-bond acceptors (Lipinski definition) is 3. The Morgan fingerprint density at radius 3 is 2.20 bits per heavy atom. The molecule has 2 fully saturated rings. The lowest BCUT2D eigenvalue weighted by Crippen LogP contribution is -2.44. The second-order valence-electron chi connectivity index (χ2n) is 6.04. The highest BCUT2D eigenvalue weighted by Gasteiger charge is 2.37. The molecule has 114 valence electrons. The first kappa shape index (κ1) is 15.5. The fourth-order valence-electron chi connectivity index (χ4n) is 3.36. The highest BCUT2D eigenvalue weighted by atomic mass is 32.2. The molecule has 1 amide bonds. The maximum absolute atomic E-state index is 12.4. The van der Waals surface area contributed by atoms with Crippen molar-refractivity contribution >= 4 is 22.7 Å². The van der Waals surface area contributed by atoms with Crippen LogP contribution in [-0.2, 0) is 20.4 Å². The Labute approximate surface area is 122 Å². The standard InChI is InChI=1S/C14H23NO4S/c16-12(15-6-8-20(19)9-7-15)10-14(11-13(17)18)4-2-1-3-5-14/h1-11H2,(H,17,18). The third-order valence-electron chi connectivity index (χ3n) is 4.50. The van der Waals surface area contributed by atoms with Crippen molar-refractivity contribution in [2.75, 3.05) is 24.6 Å². The fraction of sp³-hybridized carbons (Fsp3) is 0.857. The molecule has 1 heterocycles. The molecule has 0 aromatic carbocycles. The molecular weight excluding hydrogens is 278 g/mol. The van der Waals surface area contributed by atoms with E-state index in [2.05, 4.69) is 0 Å². The van der Waals surface area contributed by atoms with Crippen LogP contribution in [0, 0.1) is 5.41 Å². The van der Waals surface area contributed by atoms with Crippen molar-refractivity contribution in [1.29, 1.82) is 0 Å².